The summed E-state index contributed by atoms with van der Waals surface area (Å²) in [4.78, 5) is 2.34. The van der Waals surface area contributed by atoms with Gasteiger partial charge in [0.05, 0.1) is 5.41 Å². The van der Waals surface area contributed by atoms with Crippen LogP contribution in [0.25, 0.3) is 49.8 Å². The fourth-order valence-electron chi connectivity index (χ4n) is 9.47. The first-order valence-electron chi connectivity index (χ1n) is 20.0. The lowest BCUT2D eigenvalue weighted by Gasteiger charge is -2.35. The first-order valence-corrected chi connectivity index (χ1v) is 20.0. The summed E-state index contributed by atoms with van der Waals surface area (Å²) in [5.74, 6) is -0.244. The number of halogens is 1. The average Bonchev–Trinajstić information content (AvgIpc) is 3.81. The van der Waals surface area contributed by atoms with Crippen molar-refractivity contribution in [2.45, 2.75) is 18.3 Å². The summed E-state index contributed by atoms with van der Waals surface area (Å²) in [7, 11) is 0. The summed E-state index contributed by atoms with van der Waals surface area (Å²) < 4.78 is 21.9. The zero-order chi connectivity index (χ0) is 38.6. The van der Waals surface area contributed by atoms with E-state index in [0.717, 1.165) is 96.3 Å². The number of rotatable bonds is 7. The second-order valence-electron chi connectivity index (χ2n) is 15.3. The van der Waals surface area contributed by atoms with E-state index in [0.29, 0.717) is 0 Å². The van der Waals surface area contributed by atoms with Gasteiger partial charge in [0.15, 0.2) is 0 Å². The van der Waals surface area contributed by atoms with Crippen LogP contribution in [0.2, 0.25) is 0 Å². The van der Waals surface area contributed by atoms with E-state index in [9.17, 15) is 0 Å². The molecule has 58 heavy (non-hydrogen) atoms. The second kappa shape index (κ2) is 13.8. The molecule has 9 aromatic rings. The number of para-hydroxylation sites is 2. The van der Waals surface area contributed by atoms with Crippen molar-refractivity contribution in [3.05, 3.63) is 240 Å². The standard InChI is InChI=1S/C55H38FNO/c56-42-27-33-47-48-34-32-45(36-52(48)55(51(47)35-42,40-15-6-2-7-16-40)41-17-8-3-9-18-41)57(43-28-23-38(24-29-43)37-13-4-1-5-14-37)44-30-25-39(26-31-44)46-20-12-21-50-49-19-10-11-22-53(49)58-54(46)50/h1-4,6-13,15-36H,5,14H2. The summed E-state index contributed by atoms with van der Waals surface area (Å²) in [6.07, 6.45) is 8.70. The molecule has 2 aliphatic carbocycles. The lowest BCUT2D eigenvalue weighted by Crippen LogP contribution is -2.29. The molecule has 0 unspecified atom stereocenters. The van der Waals surface area contributed by atoms with Crippen molar-refractivity contribution >= 4 is 44.6 Å². The third-order valence-electron chi connectivity index (χ3n) is 12.1. The lowest BCUT2D eigenvalue weighted by atomic mass is 9.67. The van der Waals surface area contributed by atoms with Gasteiger partial charge in [-0.3, -0.25) is 0 Å². The van der Waals surface area contributed by atoms with Crippen LogP contribution in [0.3, 0.4) is 0 Å². The third-order valence-corrected chi connectivity index (χ3v) is 12.1. The number of benzene rings is 8. The molecule has 0 bridgehead atoms. The van der Waals surface area contributed by atoms with Gasteiger partial charge in [-0.15, -0.1) is 0 Å². The van der Waals surface area contributed by atoms with Crippen LogP contribution in [0, 0.1) is 5.82 Å². The Morgan fingerprint density at radius 2 is 1.10 bits per heavy atom. The van der Waals surface area contributed by atoms with Crippen LogP contribution in [0.15, 0.2) is 211 Å². The van der Waals surface area contributed by atoms with Crippen molar-refractivity contribution < 1.29 is 8.81 Å². The highest BCUT2D eigenvalue weighted by molar-refractivity contribution is 6.09. The van der Waals surface area contributed by atoms with Gasteiger partial charge in [-0.1, -0.05) is 152 Å². The maximum atomic E-state index is 15.5. The van der Waals surface area contributed by atoms with Gasteiger partial charge in [-0.2, -0.15) is 0 Å². The Morgan fingerprint density at radius 3 is 1.79 bits per heavy atom. The van der Waals surface area contributed by atoms with Gasteiger partial charge < -0.3 is 9.32 Å². The van der Waals surface area contributed by atoms with Crippen molar-refractivity contribution in [1.29, 1.82) is 0 Å². The topological polar surface area (TPSA) is 16.4 Å². The number of allylic oxidation sites excluding steroid dienone is 4. The predicted molar refractivity (Wildman–Crippen MR) is 237 cm³/mol. The minimum Gasteiger partial charge on any atom is -0.455 e. The molecule has 0 amide bonds. The fourth-order valence-corrected chi connectivity index (χ4v) is 9.47. The highest BCUT2D eigenvalue weighted by Gasteiger charge is 2.46. The molecule has 0 saturated heterocycles. The lowest BCUT2D eigenvalue weighted by molar-refractivity contribution is 0.621. The first-order chi connectivity index (χ1) is 28.7. The molecule has 276 valence electrons. The Hall–Kier alpha value is -7.23. The number of furan rings is 1. The van der Waals surface area contributed by atoms with E-state index >= 15 is 4.39 Å². The van der Waals surface area contributed by atoms with Crippen LogP contribution in [0.4, 0.5) is 21.5 Å². The first kappa shape index (κ1) is 34.1. The number of hydrogen-bond acceptors (Lipinski definition) is 2. The second-order valence-corrected chi connectivity index (χ2v) is 15.3. The average molecular weight is 748 g/mol. The molecule has 8 aromatic carbocycles. The normalized spacial score (nSPS) is 14.0. The molecule has 2 aliphatic rings. The number of nitrogens with zero attached hydrogens (tertiary/aromatic N) is 1. The number of fused-ring (bicyclic) bond motifs is 6. The molecule has 0 atom stereocenters. The van der Waals surface area contributed by atoms with E-state index in [4.69, 9.17) is 4.42 Å². The molecule has 0 aliphatic heterocycles. The van der Waals surface area contributed by atoms with Crippen LogP contribution in [0.1, 0.15) is 40.7 Å². The molecule has 2 nitrogen and oxygen atoms in total. The summed E-state index contributed by atoms with van der Waals surface area (Å²) in [6.45, 7) is 0. The molecule has 0 spiro atoms. The molecule has 1 aromatic heterocycles. The van der Waals surface area contributed by atoms with Crippen molar-refractivity contribution in [2.75, 3.05) is 4.90 Å². The Bertz CT molecular complexity index is 3010. The Kier molecular flexibility index (Phi) is 8.08. The number of anilines is 3. The highest BCUT2D eigenvalue weighted by Crippen LogP contribution is 2.57. The highest BCUT2D eigenvalue weighted by atomic mass is 19.1. The zero-order valence-electron chi connectivity index (χ0n) is 31.8. The molecule has 0 N–H and O–H groups in total. The van der Waals surface area contributed by atoms with Crippen LogP contribution in [0.5, 0.6) is 0 Å². The SMILES string of the molecule is Fc1ccc2c(c1)C(c1ccccc1)(c1ccccc1)c1cc(N(c3ccc(C4=CC=CCC4)cc3)c3ccc(-c4cccc5c4oc4ccccc45)cc3)ccc1-2. The molecule has 0 radical (unpaired) electrons. The molecule has 1 heterocycles. The predicted octanol–water partition coefficient (Wildman–Crippen LogP) is 15.0. The van der Waals surface area contributed by atoms with Crippen LogP contribution in [-0.4, -0.2) is 0 Å². The molecule has 3 heteroatoms. The molecule has 0 fully saturated rings. The van der Waals surface area contributed by atoms with E-state index in [-0.39, 0.29) is 5.82 Å². The van der Waals surface area contributed by atoms with Crippen molar-refractivity contribution in [3.8, 4) is 22.3 Å². The quantitative estimate of drug-likeness (QED) is 0.161. The van der Waals surface area contributed by atoms with Gasteiger partial charge in [0.2, 0.25) is 0 Å². The van der Waals surface area contributed by atoms with E-state index in [1.54, 1.807) is 12.1 Å². The molecule has 11 rings (SSSR count). The van der Waals surface area contributed by atoms with Gasteiger partial charge >= 0.3 is 0 Å². The summed E-state index contributed by atoms with van der Waals surface area (Å²) >= 11 is 0. The minimum atomic E-state index is -0.739. The van der Waals surface area contributed by atoms with Gasteiger partial charge in [0, 0.05) is 33.4 Å². The Balaban J connectivity index is 1.10. The van der Waals surface area contributed by atoms with Gasteiger partial charge in [0.25, 0.3) is 0 Å². The van der Waals surface area contributed by atoms with Gasteiger partial charge in [0.1, 0.15) is 17.0 Å². The van der Waals surface area contributed by atoms with Crippen LogP contribution < -0.4 is 4.90 Å². The monoisotopic (exact) mass is 747 g/mol. The van der Waals surface area contributed by atoms with E-state index in [2.05, 4.69) is 169 Å². The maximum absolute atomic E-state index is 15.5. The Morgan fingerprint density at radius 1 is 0.500 bits per heavy atom. The molecule has 0 saturated carbocycles. The third kappa shape index (κ3) is 5.38. The fraction of sp³-hybridized carbons (Fsp3) is 0.0545. The van der Waals surface area contributed by atoms with E-state index < -0.39 is 5.41 Å². The van der Waals surface area contributed by atoms with Crippen molar-refractivity contribution in [3.63, 3.8) is 0 Å². The van der Waals surface area contributed by atoms with Gasteiger partial charge in [-0.25, -0.2) is 4.39 Å². The van der Waals surface area contributed by atoms with E-state index in [1.807, 2.05) is 30.3 Å². The summed E-state index contributed by atoms with van der Waals surface area (Å²) in [6, 6.07) is 65.5. The Labute approximate surface area is 337 Å². The van der Waals surface area contributed by atoms with Gasteiger partial charge in [-0.05, 0) is 118 Å². The zero-order valence-corrected chi connectivity index (χ0v) is 31.8. The van der Waals surface area contributed by atoms with E-state index in [1.165, 1.54) is 11.1 Å². The van der Waals surface area contributed by atoms with Crippen molar-refractivity contribution in [2.24, 2.45) is 0 Å². The van der Waals surface area contributed by atoms with Crippen molar-refractivity contribution in [1.82, 2.24) is 0 Å². The molecular formula is C55H38FNO. The van der Waals surface area contributed by atoms with Crippen LogP contribution in [-0.2, 0) is 5.41 Å². The maximum Gasteiger partial charge on any atom is 0.143 e. The molecular weight excluding hydrogens is 710 g/mol. The number of hydrogen-bond donors (Lipinski definition) is 0. The smallest absolute Gasteiger partial charge is 0.143 e. The minimum absolute atomic E-state index is 0.244. The largest absolute Gasteiger partial charge is 0.455 e. The summed E-state index contributed by atoms with van der Waals surface area (Å²) in [5.41, 5.74) is 15.3. The van der Waals surface area contributed by atoms with Crippen LogP contribution >= 0.6 is 0 Å². The summed E-state index contributed by atoms with van der Waals surface area (Å²) in [5, 5.41) is 2.23.